The van der Waals surface area contributed by atoms with Gasteiger partial charge in [0, 0.05) is 26.0 Å². The standard InChI is InChI=1S/C25H28N2O8/c1-33-21(23(29)27-20(24(30)31)13-22(28)34-2)11-12-26-25(32)35-14-19-17-9-5-3-7-15(17)16-8-4-6-10-18(16)19/h3-10,19-21H,11-14H2,1-2H3,(H,26,32)(H,27,29)(H,30,31)/t20-,21?/m1/s1. The molecule has 3 N–H and O–H groups in total. The molecule has 1 aliphatic rings. The maximum Gasteiger partial charge on any atom is 0.407 e. The zero-order valence-electron chi connectivity index (χ0n) is 19.5. The van der Waals surface area contributed by atoms with Gasteiger partial charge in [0.25, 0.3) is 0 Å². The zero-order chi connectivity index (χ0) is 25.4. The molecule has 0 bridgehead atoms. The Labute approximate surface area is 202 Å². The van der Waals surface area contributed by atoms with E-state index in [1.807, 2.05) is 48.5 Å². The fourth-order valence-electron chi connectivity index (χ4n) is 4.03. The van der Waals surface area contributed by atoms with Crippen molar-refractivity contribution >= 4 is 23.9 Å². The van der Waals surface area contributed by atoms with Crippen molar-refractivity contribution in [3.8, 4) is 11.1 Å². The summed E-state index contributed by atoms with van der Waals surface area (Å²) in [6.07, 6.45) is -2.14. The molecule has 0 radical (unpaired) electrons. The summed E-state index contributed by atoms with van der Waals surface area (Å²) in [5.41, 5.74) is 4.44. The minimum Gasteiger partial charge on any atom is -0.480 e. The number of aliphatic carboxylic acids is 1. The minimum atomic E-state index is -1.46. The Balaban J connectivity index is 1.49. The van der Waals surface area contributed by atoms with E-state index in [1.54, 1.807) is 0 Å². The molecule has 10 nitrogen and oxygen atoms in total. The molecule has 0 heterocycles. The number of esters is 1. The molecule has 1 aliphatic carbocycles. The van der Waals surface area contributed by atoms with Crippen LogP contribution in [0.25, 0.3) is 11.1 Å². The number of benzene rings is 2. The van der Waals surface area contributed by atoms with Crippen LogP contribution in [0.5, 0.6) is 0 Å². The number of hydrogen-bond acceptors (Lipinski definition) is 7. The monoisotopic (exact) mass is 484 g/mol. The Morgan fingerprint density at radius 1 is 0.971 bits per heavy atom. The van der Waals surface area contributed by atoms with E-state index in [-0.39, 0.29) is 25.5 Å². The number of carboxylic acids is 1. The molecule has 0 aromatic heterocycles. The van der Waals surface area contributed by atoms with Crippen molar-refractivity contribution in [3.05, 3.63) is 59.7 Å². The first-order chi connectivity index (χ1) is 16.8. The van der Waals surface area contributed by atoms with Crippen LogP contribution in [0.3, 0.4) is 0 Å². The molecule has 2 aromatic carbocycles. The van der Waals surface area contributed by atoms with E-state index in [4.69, 9.17) is 9.47 Å². The van der Waals surface area contributed by atoms with Crippen molar-refractivity contribution in [2.24, 2.45) is 0 Å². The molecule has 0 aliphatic heterocycles. The minimum absolute atomic E-state index is 0.0529. The highest BCUT2D eigenvalue weighted by molar-refractivity contribution is 5.89. The Kier molecular flexibility index (Phi) is 8.80. The maximum absolute atomic E-state index is 12.4. The predicted octanol–water partition coefficient (Wildman–Crippen LogP) is 2.06. The molecule has 35 heavy (non-hydrogen) atoms. The number of carboxylic acid groups (broad SMARTS) is 1. The normalized spacial score (nSPS) is 13.7. The average molecular weight is 485 g/mol. The average Bonchev–Trinajstić information content (AvgIpc) is 3.18. The second-order valence-electron chi connectivity index (χ2n) is 7.95. The zero-order valence-corrected chi connectivity index (χ0v) is 19.5. The molecular formula is C25H28N2O8. The van der Waals surface area contributed by atoms with E-state index in [0.717, 1.165) is 29.4 Å². The highest BCUT2D eigenvalue weighted by Gasteiger charge is 2.30. The molecule has 3 rings (SSSR count). The van der Waals surface area contributed by atoms with Gasteiger partial charge in [-0.25, -0.2) is 9.59 Å². The summed E-state index contributed by atoms with van der Waals surface area (Å²) < 4.78 is 15.0. The molecule has 0 spiro atoms. The fourth-order valence-corrected chi connectivity index (χ4v) is 4.03. The first kappa shape index (κ1) is 25.7. The Morgan fingerprint density at radius 3 is 2.11 bits per heavy atom. The number of nitrogens with one attached hydrogen (secondary N) is 2. The van der Waals surface area contributed by atoms with Gasteiger partial charge in [-0.05, 0) is 22.3 Å². The number of rotatable bonds is 11. The van der Waals surface area contributed by atoms with Crippen molar-refractivity contribution in [2.45, 2.75) is 30.9 Å². The van der Waals surface area contributed by atoms with Crippen molar-refractivity contribution in [2.75, 3.05) is 27.4 Å². The summed E-state index contributed by atoms with van der Waals surface area (Å²) in [6.45, 7) is 0.208. The fraction of sp³-hybridized carbons (Fsp3) is 0.360. The topological polar surface area (TPSA) is 140 Å². The second kappa shape index (κ2) is 12.0. The van der Waals surface area contributed by atoms with Gasteiger partial charge in [-0.3, -0.25) is 9.59 Å². The number of amides is 2. The maximum atomic E-state index is 12.4. The molecule has 0 saturated carbocycles. The van der Waals surface area contributed by atoms with Crippen LogP contribution in [-0.2, 0) is 28.6 Å². The first-order valence-corrected chi connectivity index (χ1v) is 11.1. The van der Waals surface area contributed by atoms with Crippen LogP contribution in [0.4, 0.5) is 4.79 Å². The third-order valence-corrected chi connectivity index (χ3v) is 5.81. The smallest absolute Gasteiger partial charge is 0.407 e. The van der Waals surface area contributed by atoms with Gasteiger partial charge in [0.15, 0.2) is 0 Å². The van der Waals surface area contributed by atoms with Gasteiger partial charge in [0.2, 0.25) is 5.91 Å². The SMILES string of the molecule is COC(=O)C[C@@H](NC(=O)C(CCNC(=O)OCC1c2ccccc2-c2ccccc21)OC)C(=O)O. The van der Waals surface area contributed by atoms with Crippen LogP contribution in [0.2, 0.25) is 0 Å². The first-order valence-electron chi connectivity index (χ1n) is 11.1. The van der Waals surface area contributed by atoms with Gasteiger partial charge in [0.1, 0.15) is 18.8 Å². The highest BCUT2D eigenvalue weighted by Crippen LogP contribution is 2.44. The van der Waals surface area contributed by atoms with Crippen LogP contribution >= 0.6 is 0 Å². The van der Waals surface area contributed by atoms with E-state index in [0.29, 0.717) is 0 Å². The second-order valence-corrected chi connectivity index (χ2v) is 7.95. The largest absolute Gasteiger partial charge is 0.480 e. The molecule has 2 amide bonds. The lowest BCUT2D eigenvalue weighted by molar-refractivity contribution is -0.149. The van der Waals surface area contributed by atoms with Gasteiger partial charge < -0.3 is 30.0 Å². The number of ether oxygens (including phenoxy) is 3. The lowest BCUT2D eigenvalue weighted by atomic mass is 9.98. The van der Waals surface area contributed by atoms with Gasteiger partial charge in [-0.2, -0.15) is 0 Å². The van der Waals surface area contributed by atoms with E-state index >= 15 is 0 Å². The van der Waals surface area contributed by atoms with Crippen LogP contribution in [-0.4, -0.2) is 68.6 Å². The molecule has 0 saturated heterocycles. The molecule has 2 aromatic rings. The lowest BCUT2D eigenvalue weighted by Crippen LogP contribution is -2.47. The van der Waals surface area contributed by atoms with E-state index < -0.39 is 42.5 Å². The van der Waals surface area contributed by atoms with Gasteiger partial charge in [-0.1, -0.05) is 48.5 Å². The van der Waals surface area contributed by atoms with Gasteiger partial charge in [-0.15, -0.1) is 0 Å². The molecular weight excluding hydrogens is 456 g/mol. The van der Waals surface area contributed by atoms with E-state index in [9.17, 15) is 24.3 Å². The van der Waals surface area contributed by atoms with Gasteiger partial charge in [0.05, 0.1) is 13.5 Å². The summed E-state index contributed by atoms with van der Waals surface area (Å²) in [6, 6.07) is 14.5. The number of carbonyl (C=O) groups excluding carboxylic acids is 3. The number of methoxy groups -OCH3 is 2. The molecule has 1 unspecified atom stereocenters. The van der Waals surface area contributed by atoms with Crippen molar-refractivity contribution < 1.29 is 38.5 Å². The summed E-state index contributed by atoms with van der Waals surface area (Å²) in [7, 11) is 2.41. The Bertz CT molecular complexity index is 1040. The van der Waals surface area contributed by atoms with E-state index in [1.165, 1.54) is 7.11 Å². The van der Waals surface area contributed by atoms with Crippen molar-refractivity contribution in [1.29, 1.82) is 0 Å². The molecule has 2 atom stereocenters. The Hall–Kier alpha value is -3.92. The van der Waals surface area contributed by atoms with Crippen molar-refractivity contribution in [1.82, 2.24) is 10.6 Å². The molecule has 0 fully saturated rings. The summed E-state index contributed by atoms with van der Waals surface area (Å²) in [5, 5.41) is 14.0. The summed E-state index contributed by atoms with van der Waals surface area (Å²) in [4.78, 5) is 47.3. The van der Waals surface area contributed by atoms with Gasteiger partial charge >= 0.3 is 18.0 Å². The molecule has 10 heteroatoms. The summed E-state index contributed by atoms with van der Waals surface area (Å²) >= 11 is 0. The van der Waals surface area contributed by atoms with Crippen molar-refractivity contribution in [3.63, 3.8) is 0 Å². The van der Waals surface area contributed by atoms with Crippen LogP contribution in [0.1, 0.15) is 29.9 Å². The number of carbonyl (C=O) groups is 4. The third-order valence-electron chi connectivity index (χ3n) is 5.81. The van der Waals surface area contributed by atoms with E-state index in [2.05, 4.69) is 15.4 Å². The summed E-state index contributed by atoms with van der Waals surface area (Å²) in [5.74, 6) is -2.95. The predicted molar refractivity (Wildman–Crippen MR) is 125 cm³/mol. The van der Waals surface area contributed by atoms with Crippen LogP contribution < -0.4 is 10.6 Å². The molecule has 186 valence electrons. The third kappa shape index (κ3) is 6.36. The lowest BCUT2D eigenvalue weighted by Gasteiger charge is -2.19. The number of fused-ring (bicyclic) bond motifs is 3. The number of alkyl carbamates (subject to hydrolysis) is 1. The van der Waals surface area contributed by atoms with Crippen LogP contribution in [0, 0.1) is 0 Å². The number of hydrogen-bond donors (Lipinski definition) is 3. The quantitative estimate of drug-likeness (QED) is 0.412. The van der Waals surface area contributed by atoms with Crippen LogP contribution in [0.15, 0.2) is 48.5 Å². The highest BCUT2D eigenvalue weighted by atomic mass is 16.5. The Morgan fingerprint density at radius 2 is 1.57 bits per heavy atom.